The third kappa shape index (κ3) is 5.51. The molecular formula is C56H36N2O. The van der Waals surface area contributed by atoms with Crippen molar-refractivity contribution < 1.29 is 4.42 Å². The van der Waals surface area contributed by atoms with Crippen molar-refractivity contribution in [2.24, 2.45) is 0 Å². The molecule has 0 atom stereocenters. The van der Waals surface area contributed by atoms with Gasteiger partial charge in [-0.25, -0.2) is 0 Å². The highest BCUT2D eigenvalue weighted by Gasteiger charge is 2.20. The summed E-state index contributed by atoms with van der Waals surface area (Å²) in [5, 5.41) is 9.59. The van der Waals surface area contributed by atoms with E-state index in [-0.39, 0.29) is 0 Å². The molecule has 3 heteroatoms. The summed E-state index contributed by atoms with van der Waals surface area (Å²) in [7, 11) is 0. The van der Waals surface area contributed by atoms with Gasteiger partial charge in [-0.15, -0.1) is 0 Å². The Morgan fingerprint density at radius 2 is 0.949 bits per heavy atom. The van der Waals surface area contributed by atoms with Gasteiger partial charge in [-0.05, 0) is 123 Å². The lowest BCUT2D eigenvalue weighted by Gasteiger charge is -2.28. The van der Waals surface area contributed by atoms with Gasteiger partial charge in [-0.1, -0.05) is 133 Å². The van der Waals surface area contributed by atoms with E-state index in [9.17, 15) is 0 Å². The molecule has 2 aromatic heterocycles. The molecule has 0 aliphatic carbocycles. The van der Waals surface area contributed by atoms with Crippen molar-refractivity contribution in [3.8, 4) is 27.9 Å². The van der Waals surface area contributed by atoms with Gasteiger partial charge in [-0.3, -0.25) is 0 Å². The van der Waals surface area contributed by atoms with Crippen molar-refractivity contribution in [2.75, 3.05) is 4.90 Å². The topological polar surface area (TPSA) is 21.3 Å². The molecule has 12 aromatic rings. The third-order valence-electron chi connectivity index (χ3n) is 11.9. The third-order valence-corrected chi connectivity index (χ3v) is 11.9. The zero-order chi connectivity index (χ0) is 38.9. The van der Waals surface area contributed by atoms with E-state index in [1.807, 2.05) is 0 Å². The summed E-state index contributed by atoms with van der Waals surface area (Å²) >= 11 is 0. The molecule has 0 radical (unpaired) electrons. The van der Waals surface area contributed by atoms with E-state index in [0.717, 1.165) is 61.4 Å². The predicted molar refractivity (Wildman–Crippen MR) is 249 cm³/mol. The van der Waals surface area contributed by atoms with Crippen LogP contribution in [0.3, 0.4) is 0 Å². The second-order valence-corrected chi connectivity index (χ2v) is 15.4. The quantitative estimate of drug-likeness (QED) is 0.169. The fourth-order valence-corrected chi connectivity index (χ4v) is 9.11. The smallest absolute Gasteiger partial charge is 0.136 e. The summed E-state index contributed by atoms with van der Waals surface area (Å²) in [5.74, 6) is 0. The summed E-state index contributed by atoms with van der Waals surface area (Å²) in [5.41, 5.74) is 13.1. The average Bonchev–Trinajstić information content (AvgIpc) is 3.83. The number of hydrogen-bond donors (Lipinski definition) is 0. The van der Waals surface area contributed by atoms with Crippen molar-refractivity contribution in [2.45, 2.75) is 0 Å². The van der Waals surface area contributed by atoms with Gasteiger partial charge in [0.15, 0.2) is 0 Å². The highest BCUT2D eigenvalue weighted by Crippen LogP contribution is 2.44. The number of hydrogen-bond acceptors (Lipinski definition) is 2. The van der Waals surface area contributed by atoms with Crippen molar-refractivity contribution in [1.82, 2.24) is 4.57 Å². The van der Waals surface area contributed by atoms with E-state index in [4.69, 9.17) is 4.42 Å². The first kappa shape index (κ1) is 33.3. The second-order valence-electron chi connectivity index (χ2n) is 15.4. The van der Waals surface area contributed by atoms with E-state index < -0.39 is 0 Å². The van der Waals surface area contributed by atoms with Gasteiger partial charge >= 0.3 is 0 Å². The van der Waals surface area contributed by atoms with Crippen molar-refractivity contribution in [3.05, 3.63) is 218 Å². The molecule has 0 saturated heterocycles. The van der Waals surface area contributed by atoms with Crippen LogP contribution in [0.15, 0.2) is 223 Å². The normalized spacial score (nSPS) is 11.7. The standard InChI is InChI=1S/C56H36N2O/c1-2-13-38-32-42(25-24-37(38)12-1)39-16-11-17-46(33-39)57(44-27-29-45(30-28-44)58-53-22-9-6-19-48(53)49-20-7-10-23-54(49)58)52-21-8-5-18-47(52)43-26-31-55-50(35-43)51-34-40-14-3-4-15-41(40)36-56(51)59-55/h1-36H. The van der Waals surface area contributed by atoms with E-state index >= 15 is 0 Å². The molecule has 0 aliphatic heterocycles. The number of anilines is 3. The monoisotopic (exact) mass is 752 g/mol. The Kier molecular flexibility index (Phi) is 7.54. The average molecular weight is 753 g/mol. The molecule has 3 nitrogen and oxygen atoms in total. The molecule has 0 unspecified atom stereocenters. The Hall–Kier alpha value is -7.88. The number of aromatic nitrogens is 1. The van der Waals surface area contributed by atoms with Crippen LogP contribution in [0.4, 0.5) is 17.1 Å². The van der Waals surface area contributed by atoms with E-state index in [2.05, 4.69) is 228 Å². The maximum atomic E-state index is 6.43. The number of nitrogens with zero attached hydrogens (tertiary/aromatic N) is 2. The van der Waals surface area contributed by atoms with Crippen LogP contribution in [0.1, 0.15) is 0 Å². The minimum Gasteiger partial charge on any atom is -0.456 e. The van der Waals surface area contributed by atoms with Crippen molar-refractivity contribution in [3.63, 3.8) is 0 Å². The molecule has 0 saturated carbocycles. The molecule has 10 aromatic carbocycles. The predicted octanol–water partition coefficient (Wildman–Crippen LogP) is 15.8. The summed E-state index contributed by atoms with van der Waals surface area (Å²) in [4.78, 5) is 2.40. The first-order valence-electron chi connectivity index (χ1n) is 20.2. The maximum Gasteiger partial charge on any atom is 0.136 e. The second kappa shape index (κ2) is 13.4. The summed E-state index contributed by atoms with van der Waals surface area (Å²) < 4.78 is 8.81. The zero-order valence-corrected chi connectivity index (χ0v) is 32.1. The highest BCUT2D eigenvalue weighted by molar-refractivity contribution is 6.12. The van der Waals surface area contributed by atoms with Crippen LogP contribution in [-0.2, 0) is 0 Å². The van der Waals surface area contributed by atoms with Crippen LogP contribution in [0.2, 0.25) is 0 Å². The van der Waals surface area contributed by atoms with Crippen LogP contribution in [0.5, 0.6) is 0 Å². The minimum absolute atomic E-state index is 0.886. The Labute approximate surface area is 341 Å². The van der Waals surface area contributed by atoms with Gasteiger partial charge in [-0.2, -0.15) is 0 Å². The molecule has 0 N–H and O–H groups in total. The molecule has 0 amide bonds. The minimum atomic E-state index is 0.886. The number of fused-ring (bicyclic) bond motifs is 8. The molecule has 0 bridgehead atoms. The maximum absolute atomic E-state index is 6.43. The van der Waals surface area contributed by atoms with Crippen LogP contribution in [-0.4, -0.2) is 4.57 Å². The zero-order valence-electron chi connectivity index (χ0n) is 32.1. The molecule has 0 aliphatic rings. The van der Waals surface area contributed by atoms with Crippen LogP contribution in [0, 0.1) is 0 Å². The Morgan fingerprint density at radius 3 is 1.73 bits per heavy atom. The summed E-state index contributed by atoms with van der Waals surface area (Å²) in [6, 6.07) is 78.9. The van der Waals surface area contributed by atoms with Gasteiger partial charge in [0.05, 0.1) is 16.7 Å². The van der Waals surface area contributed by atoms with E-state index in [0.29, 0.717) is 0 Å². The van der Waals surface area contributed by atoms with Gasteiger partial charge < -0.3 is 13.9 Å². The fourth-order valence-electron chi connectivity index (χ4n) is 9.11. The number of benzene rings is 10. The van der Waals surface area contributed by atoms with Gasteiger partial charge in [0.25, 0.3) is 0 Å². The molecule has 0 fully saturated rings. The molecule has 2 heterocycles. The van der Waals surface area contributed by atoms with Gasteiger partial charge in [0.1, 0.15) is 11.2 Å². The van der Waals surface area contributed by atoms with Gasteiger partial charge in [0, 0.05) is 44.2 Å². The highest BCUT2D eigenvalue weighted by atomic mass is 16.3. The van der Waals surface area contributed by atoms with Crippen LogP contribution in [0.25, 0.3) is 93.2 Å². The Balaban J connectivity index is 1.03. The number of furan rings is 1. The SMILES string of the molecule is c1cc(-c2ccc3ccccc3c2)cc(N(c2ccc(-n3c4ccccc4c4ccccc43)cc2)c2ccccc2-c2ccc3oc4cc5ccccc5cc4c3c2)c1. The first-order valence-corrected chi connectivity index (χ1v) is 20.2. The van der Waals surface area contributed by atoms with E-state index in [1.165, 1.54) is 48.9 Å². The number of para-hydroxylation sites is 3. The van der Waals surface area contributed by atoms with Crippen molar-refractivity contribution in [1.29, 1.82) is 0 Å². The lowest BCUT2D eigenvalue weighted by Crippen LogP contribution is -2.11. The molecule has 276 valence electrons. The molecule has 0 spiro atoms. The van der Waals surface area contributed by atoms with Gasteiger partial charge in [0.2, 0.25) is 0 Å². The lowest BCUT2D eigenvalue weighted by molar-refractivity contribution is 0.669. The van der Waals surface area contributed by atoms with Crippen LogP contribution < -0.4 is 4.90 Å². The largest absolute Gasteiger partial charge is 0.456 e. The van der Waals surface area contributed by atoms with Crippen LogP contribution >= 0.6 is 0 Å². The number of rotatable bonds is 6. The Morgan fingerprint density at radius 1 is 0.339 bits per heavy atom. The molecular weight excluding hydrogens is 717 g/mol. The Bertz CT molecular complexity index is 3520. The van der Waals surface area contributed by atoms with Crippen molar-refractivity contribution >= 4 is 82.4 Å². The van der Waals surface area contributed by atoms with E-state index in [1.54, 1.807) is 0 Å². The summed E-state index contributed by atoms with van der Waals surface area (Å²) in [6.07, 6.45) is 0. The fraction of sp³-hybridized carbons (Fsp3) is 0. The molecule has 12 rings (SSSR count). The first-order chi connectivity index (χ1) is 29.2. The summed E-state index contributed by atoms with van der Waals surface area (Å²) in [6.45, 7) is 0. The molecule has 59 heavy (non-hydrogen) atoms. The lowest BCUT2D eigenvalue weighted by atomic mass is 9.98.